The second-order valence-electron chi connectivity index (χ2n) is 6.29. The monoisotopic (exact) mass is 385 g/mol. The summed E-state index contributed by atoms with van der Waals surface area (Å²) >= 11 is 0. The zero-order valence-electron chi connectivity index (χ0n) is 15.9. The molecule has 0 spiro atoms. The first-order chi connectivity index (χ1) is 13.5. The lowest BCUT2D eigenvalue weighted by atomic mass is 10.1. The minimum absolute atomic E-state index is 0.0600. The van der Waals surface area contributed by atoms with Crippen molar-refractivity contribution in [3.05, 3.63) is 47.7 Å². The van der Waals surface area contributed by atoms with Crippen LogP contribution in [0.1, 0.15) is 27.6 Å². The van der Waals surface area contributed by atoms with Crippen molar-refractivity contribution in [1.29, 1.82) is 0 Å². The van der Waals surface area contributed by atoms with Gasteiger partial charge in [-0.2, -0.15) is 0 Å². The molecule has 0 unspecified atom stereocenters. The van der Waals surface area contributed by atoms with Crippen LogP contribution in [0.15, 0.2) is 36.5 Å². The number of rotatable bonds is 6. The molecule has 0 atom stereocenters. The average molecular weight is 385 g/mol. The number of hydrogen-bond donors (Lipinski definition) is 1. The summed E-state index contributed by atoms with van der Waals surface area (Å²) in [5.74, 6) is 0.798. The number of amides is 1. The number of benzene rings is 1. The number of piperazine rings is 1. The summed E-state index contributed by atoms with van der Waals surface area (Å²) in [5.41, 5.74) is 0.708. The number of pyridine rings is 1. The molecule has 0 bridgehead atoms. The van der Waals surface area contributed by atoms with Crippen molar-refractivity contribution in [1.82, 2.24) is 9.88 Å². The molecular formula is C20H23N3O5. The number of carboxylic acid groups (broad SMARTS) is 1. The van der Waals surface area contributed by atoms with Gasteiger partial charge in [0.15, 0.2) is 11.5 Å². The molecule has 1 aliphatic rings. The molecule has 0 saturated carbocycles. The van der Waals surface area contributed by atoms with Gasteiger partial charge in [-0.05, 0) is 37.3 Å². The Bertz CT molecular complexity index is 845. The number of nitrogens with zero attached hydrogens (tertiary/aromatic N) is 3. The predicted octanol–water partition coefficient (Wildman–Crippen LogP) is 2.15. The topological polar surface area (TPSA) is 92.2 Å². The minimum atomic E-state index is -1.000. The Morgan fingerprint density at radius 1 is 1.07 bits per heavy atom. The summed E-state index contributed by atoms with van der Waals surface area (Å²) < 4.78 is 10.8. The first kappa shape index (κ1) is 19.5. The highest BCUT2D eigenvalue weighted by Gasteiger charge is 2.24. The first-order valence-corrected chi connectivity index (χ1v) is 9.08. The van der Waals surface area contributed by atoms with Crippen LogP contribution in [0.3, 0.4) is 0 Å². The fourth-order valence-electron chi connectivity index (χ4n) is 3.10. The van der Waals surface area contributed by atoms with Crippen LogP contribution in [0.2, 0.25) is 0 Å². The van der Waals surface area contributed by atoms with E-state index in [9.17, 15) is 9.59 Å². The lowest BCUT2D eigenvalue weighted by Gasteiger charge is -2.35. The molecule has 0 aliphatic carbocycles. The summed E-state index contributed by atoms with van der Waals surface area (Å²) in [6.45, 7) is 4.77. The van der Waals surface area contributed by atoms with Crippen molar-refractivity contribution in [3.8, 4) is 11.5 Å². The molecule has 2 heterocycles. The van der Waals surface area contributed by atoms with Crippen molar-refractivity contribution in [2.24, 2.45) is 0 Å². The zero-order valence-corrected chi connectivity index (χ0v) is 15.9. The van der Waals surface area contributed by atoms with E-state index in [1.807, 2.05) is 11.8 Å². The van der Waals surface area contributed by atoms with Crippen LogP contribution in [-0.2, 0) is 0 Å². The largest absolute Gasteiger partial charge is 0.493 e. The molecule has 2 aromatic rings. The van der Waals surface area contributed by atoms with Gasteiger partial charge >= 0.3 is 5.97 Å². The van der Waals surface area contributed by atoms with Crippen molar-refractivity contribution in [2.45, 2.75) is 6.92 Å². The van der Waals surface area contributed by atoms with Crippen molar-refractivity contribution in [3.63, 3.8) is 0 Å². The highest BCUT2D eigenvalue weighted by Crippen LogP contribution is 2.28. The van der Waals surface area contributed by atoms with E-state index in [0.29, 0.717) is 55.7 Å². The van der Waals surface area contributed by atoms with E-state index in [4.69, 9.17) is 14.6 Å². The Balaban J connectivity index is 1.64. The smallest absolute Gasteiger partial charge is 0.337 e. The quantitative estimate of drug-likeness (QED) is 0.814. The van der Waals surface area contributed by atoms with Crippen LogP contribution < -0.4 is 14.4 Å². The van der Waals surface area contributed by atoms with Crippen molar-refractivity contribution >= 4 is 17.7 Å². The van der Waals surface area contributed by atoms with Crippen LogP contribution in [0.25, 0.3) is 0 Å². The number of ether oxygens (including phenoxy) is 2. The van der Waals surface area contributed by atoms with Gasteiger partial charge in [0.25, 0.3) is 5.91 Å². The fourth-order valence-corrected chi connectivity index (χ4v) is 3.10. The molecule has 1 amide bonds. The van der Waals surface area contributed by atoms with E-state index in [2.05, 4.69) is 4.98 Å². The molecule has 148 valence electrons. The maximum absolute atomic E-state index is 12.8. The molecule has 28 heavy (non-hydrogen) atoms. The SMILES string of the molecule is CCOc1ccc(C(=O)N2CCN(c3ccc(C(=O)O)cn3)CC2)cc1OC. The number of methoxy groups -OCH3 is 1. The number of carboxylic acids is 1. The summed E-state index contributed by atoms with van der Waals surface area (Å²) in [4.78, 5) is 31.8. The fraction of sp³-hybridized carbons (Fsp3) is 0.350. The van der Waals surface area contributed by atoms with E-state index < -0.39 is 5.97 Å². The van der Waals surface area contributed by atoms with Crippen LogP contribution in [0.4, 0.5) is 5.82 Å². The summed E-state index contributed by atoms with van der Waals surface area (Å²) in [5, 5.41) is 8.96. The lowest BCUT2D eigenvalue weighted by Crippen LogP contribution is -2.49. The van der Waals surface area contributed by atoms with Gasteiger partial charge < -0.3 is 24.4 Å². The van der Waals surface area contributed by atoms with Gasteiger partial charge in [-0.1, -0.05) is 0 Å². The summed E-state index contributed by atoms with van der Waals surface area (Å²) in [7, 11) is 1.55. The minimum Gasteiger partial charge on any atom is -0.493 e. The molecule has 1 aromatic carbocycles. The second kappa shape index (κ2) is 8.60. The molecular weight excluding hydrogens is 362 g/mol. The van der Waals surface area contributed by atoms with Gasteiger partial charge in [-0.25, -0.2) is 9.78 Å². The molecule has 1 aliphatic heterocycles. The number of aromatic nitrogens is 1. The Labute approximate surface area is 163 Å². The summed E-state index contributed by atoms with van der Waals surface area (Å²) in [6.07, 6.45) is 1.35. The molecule has 8 heteroatoms. The number of hydrogen-bond acceptors (Lipinski definition) is 6. The van der Waals surface area contributed by atoms with Crippen LogP contribution >= 0.6 is 0 Å². The standard InChI is InChI=1S/C20H23N3O5/c1-3-28-16-6-4-14(12-17(16)27-2)19(24)23-10-8-22(9-11-23)18-7-5-15(13-21-18)20(25)26/h4-7,12-13H,3,8-11H2,1-2H3,(H,25,26). The van der Waals surface area contributed by atoms with Gasteiger partial charge in [0.1, 0.15) is 5.82 Å². The van der Waals surface area contributed by atoms with Crippen LogP contribution in [0, 0.1) is 0 Å². The van der Waals surface area contributed by atoms with E-state index in [1.54, 1.807) is 36.3 Å². The third-order valence-electron chi connectivity index (χ3n) is 4.60. The lowest BCUT2D eigenvalue weighted by molar-refractivity contribution is 0.0694. The molecule has 1 fully saturated rings. The molecule has 3 rings (SSSR count). The third kappa shape index (κ3) is 4.16. The maximum Gasteiger partial charge on any atom is 0.337 e. The molecule has 1 saturated heterocycles. The Kier molecular flexibility index (Phi) is 5.98. The highest BCUT2D eigenvalue weighted by atomic mass is 16.5. The third-order valence-corrected chi connectivity index (χ3v) is 4.60. The normalized spacial score (nSPS) is 13.9. The number of carbonyl (C=O) groups is 2. The predicted molar refractivity (Wildman–Crippen MR) is 103 cm³/mol. The Morgan fingerprint density at radius 3 is 2.36 bits per heavy atom. The Hall–Kier alpha value is -3.29. The number of aromatic carboxylic acids is 1. The molecule has 8 nitrogen and oxygen atoms in total. The molecule has 0 radical (unpaired) electrons. The summed E-state index contributed by atoms with van der Waals surface area (Å²) in [6, 6.07) is 8.42. The molecule has 1 aromatic heterocycles. The van der Waals surface area contributed by atoms with E-state index >= 15 is 0 Å². The van der Waals surface area contributed by atoms with Gasteiger partial charge in [-0.15, -0.1) is 0 Å². The average Bonchev–Trinajstić information content (AvgIpc) is 2.74. The number of carbonyl (C=O) groups excluding carboxylic acids is 1. The van der Waals surface area contributed by atoms with E-state index in [0.717, 1.165) is 0 Å². The zero-order chi connectivity index (χ0) is 20.1. The maximum atomic E-state index is 12.8. The van der Waals surface area contributed by atoms with Crippen LogP contribution in [-0.4, -0.2) is 66.8 Å². The Morgan fingerprint density at radius 2 is 1.79 bits per heavy atom. The number of anilines is 1. The van der Waals surface area contributed by atoms with Gasteiger partial charge in [0.2, 0.25) is 0 Å². The van der Waals surface area contributed by atoms with E-state index in [1.165, 1.54) is 12.3 Å². The van der Waals surface area contributed by atoms with Crippen molar-refractivity contribution < 1.29 is 24.2 Å². The van der Waals surface area contributed by atoms with Gasteiger partial charge in [0.05, 0.1) is 19.3 Å². The van der Waals surface area contributed by atoms with Crippen molar-refractivity contribution in [2.75, 3.05) is 44.8 Å². The van der Waals surface area contributed by atoms with Gasteiger partial charge in [-0.3, -0.25) is 4.79 Å². The van der Waals surface area contributed by atoms with E-state index in [-0.39, 0.29) is 11.5 Å². The van der Waals surface area contributed by atoms with Crippen LogP contribution in [0.5, 0.6) is 11.5 Å². The second-order valence-corrected chi connectivity index (χ2v) is 6.29. The highest BCUT2D eigenvalue weighted by molar-refractivity contribution is 5.95. The first-order valence-electron chi connectivity index (χ1n) is 9.08. The van der Waals surface area contributed by atoms with Gasteiger partial charge in [0, 0.05) is 37.9 Å². The molecule has 1 N–H and O–H groups in total.